The molecule has 1 aromatic heterocycles. The Bertz CT molecular complexity index is 1280. The summed E-state index contributed by atoms with van der Waals surface area (Å²) in [4.78, 5) is 53.9. The number of hydrogen-bond acceptors (Lipinski definition) is 5. The third kappa shape index (κ3) is 4.61. The first-order valence-electron chi connectivity index (χ1n) is 11.6. The Hall–Kier alpha value is -3.99. The molecule has 2 atom stereocenters. The highest BCUT2D eigenvalue weighted by molar-refractivity contribution is 6.34. The molecule has 10 nitrogen and oxygen atoms in total. The van der Waals surface area contributed by atoms with E-state index in [1.807, 2.05) is 0 Å². The van der Waals surface area contributed by atoms with Gasteiger partial charge in [0.05, 0.1) is 17.7 Å². The lowest BCUT2D eigenvalue weighted by atomic mass is 10.0. The molecule has 2 aromatic rings. The monoisotopic (exact) mass is 498 g/mol. The van der Waals surface area contributed by atoms with Crippen LogP contribution in [0, 0.1) is 19.7 Å². The van der Waals surface area contributed by atoms with Crippen molar-refractivity contribution < 1.29 is 33.4 Å². The summed E-state index contributed by atoms with van der Waals surface area (Å²) in [6.45, 7) is 5.52. The van der Waals surface area contributed by atoms with Crippen LogP contribution >= 0.6 is 0 Å². The molecule has 11 heteroatoms. The smallest absolute Gasteiger partial charge is 0.326 e. The normalized spacial score (nSPS) is 18.4. The summed E-state index contributed by atoms with van der Waals surface area (Å²) in [5.41, 5.74) is 3.18. The number of carbonyl (C=O) groups excluding carboxylic acids is 3. The van der Waals surface area contributed by atoms with Gasteiger partial charge in [-0.15, -0.1) is 0 Å². The summed E-state index contributed by atoms with van der Waals surface area (Å²) in [5.74, 6) is -2.86. The number of carboxylic acids is 1. The fourth-order valence-corrected chi connectivity index (χ4v) is 4.49. The number of nitrogens with zero attached hydrogens (tertiary/aromatic N) is 1. The molecule has 1 aromatic carbocycles. The van der Waals surface area contributed by atoms with E-state index in [0.29, 0.717) is 46.7 Å². The van der Waals surface area contributed by atoms with Gasteiger partial charge in [-0.25, -0.2) is 9.18 Å². The first-order chi connectivity index (χ1) is 17.1. The Morgan fingerprint density at radius 1 is 1.33 bits per heavy atom. The molecule has 1 fully saturated rings. The number of hydrogen-bond donors (Lipinski definition) is 4. The molecule has 3 heterocycles. The van der Waals surface area contributed by atoms with Gasteiger partial charge in [-0.3, -0.25) is 14.4 Å². The van der Waals surface area contributed by atoms with Crippen LogP contribution in [0.1, 0.15) is 46.2 Å². The number of halogens is 1. The second-order valence-corrected chi connectivity index (χ2v) is 8.69. The minimum atomic E-state index is -1.07. The van der Waals surface area contributed by atoms with Crippen LogP contribution in [0.2, 0.25) is 0 Å². The molecule has 2 unspecified atom stereocenters. The van der Waals surface area contributed by atoms with Crippen molar-refractivity contribution in [3.8, 4) is 0 Å². The minimum absolute atomic E-state index is 0.135. The van der Waals surface area contributed by atoms with E-state index in [0.717, 1.165) is 0 Å². The predicted molar refractivity (Wildman–Crippen MR) is 129 cm³/mol. The molecule has 0 saturated carbocycles. The molecular formula is C25H27FN4O6. The van der Waals surface area contributed by atoms with Gasteiger partial charge in [0, 0.05) is 35.8 Å². The average Bonchev–Trinajstić information content (AvgIpc) is 3.24. The topological polar surface area (TPSA) is 141 Å². The number of likely N-dealkylation sites (tertiary alicyclic amines) is 1. The van der Waals surface area contributed by atoms with Crippen LogP contribution < -0.4 is 10.6 Å². The molecule has 36 heavy (non-hydrogen) atoms. The summed E-state index contributed by atoms with van der Waals surface area (Å²) < 4.78 is 19.3. The fourth-order valence-electron chi connectivity index (χ4n) is 4.49. The Morgan fingerprint density at radius 2 is 2.08 bits per heavy atom. The van der Waals surface area contributed by atoms with Gasteiger partial charge in [-0.1, -0.05) is 0 Å². The summed E-state index contributed by atoms with van der Waals surface area (Å²) in [5, 5.41) is 14.6. The minimum Gasteiger partial charge on any atom is -0.480 e. The third-order valence-corrected chi connectivity index (χ3v) is 6.44. The molecule has 0 spiro atoms. The van der Waals surface area contributed by atoms with E-state index < -0.39 is 35.7 Å². The lowest BCUT2D eigenvalue weighted by Gasteiger charge is -2.39. The van der Waals surface area contributed by atoms with Gasteiger partial charge in [0.15, 0.2) is 6.10 Å². The standard InChI is InChI=1S/C25H27FN4O6/c1-4-36-20(24(33)30-8-7-19(30)25(34)35)11-27-23(32)21-12(2)18(28-13(21)3)10-16-15-9-14(26)5-6-17(15)29-22(16)31/h5-6,9-10,19-20,28H,4,7-8,11H2,1-3H3,(H,27,32)(H,29,31)(H,34,35)/b16-10-. The first-order valence-corrected chi connectivity index (χ1v) is 11.6. The average molecular weight is 499 g/mol. The van der Waals surface area contributed by atoms with Crippen molar-refractivity contribution in [3.05, 3.63) is 52.1 Å². The first kappa shape index (κ1) is 25.1. The maximum atomic E-state index is 13.8. The number of rotatable bonds is 8. The van der Waals surface area contributed by atoms with E-state index >= 15 is 0 Å². The number of carboxylic acid groups (broad SMARTS) is 1. The number of H-pyrrole nitrogens is 1. The molecule has 2 aliphatic heterocycles. The predicted octanol–water partition coefficient (Wildman–Crippen LogP) is 2.08. The maximum absolute atomic E-state index is 13.8. The molecule has 4 rings (SSSR count). The number of aromatic nitrogens is 1. The van der Waals surface area contributed by atoms with Gasteiger partial charge in [0.1, 0.15) is 11.9 Å². The number of nitrogens with one attached hydrogen (secondary N) is 3. The SMILES string of the molecule is CCOC(CNC(=O)c1c(C)[nH]c(/C=C2\C(=O)Nc3ccc(F)cc32)c1C)C(=O)N1CCC1C(=O)O. The van der Waals surface area contributed by atoms with Crippen LogP contribution in [-0.2, 0) is 19.1 Å². The molecule has 0 aliphatic carbocycles. The number of carbonyl (C=O) groups is 4. The van der Waals surface area contributed by atoms with Crippen molar-refractivity contribution >= 4 is 41.0 Å². The van der Waals surface area contributed by atoms with Crippen molar-refractivity contribution in [2.24, 2.45) is 0 Å². The number of aromatic amines is 1. The summed E-state index contributed by atoms with van der Waals surface area (Å²) >= 11 is 0. The van der Waals surface area contributed by atoms with Gasteiger partial charge in [0.25, 0.3) is 17.7 Å². The molecule has 0 radical (unpaired) electrons. The van der Waals surface area contributed by atoms with Gasteiger partial charge in [0.2, 0.25) is 0 Å². The zero-order valence-electron chi connectivity index (χ0n) is 20.1. The Labute approximate surface area is 206 Å². The quantitative estimate of drug-likeness (QED) is 0.411. The molecule has 0 bridgehead atoms. The molecular weight excluding hydrogens is 471 g/mol. The fraction of sp³-hybridized carbons (Fsp3) is 0.360. The Morgan fingerprint density at radius 3 is 2.72 bits per heavy atom. The number of anilines is 1. The van der Waals surface area contributed by atoms with Gasteiger partial charge in [-0.2, -0.15) is 0 Å². The second kappa shape index (κ2) is 9.94. The lowest BCUT2D eigenvalue weighted by Crippen LogP contribution is -2.59. The number of aliphatic carboxylic acids is 1. The van der Waals surface area contributed by atoms with E-state index in [9.17, 15) is 28.7 Å². The zero-order valence-corrected chi connectivity index (χ0v) is 20.1. The van der Waals surface area contributed by atoms with E-state index in [1.54, 1.807) is 26.8 Å². The van der Waals surface area contributed by atoms with Crippen molar-refractivity contribution in [1.82, 2.24) is 15.2 Å². The Balaban J connectivity index is 1.51. The summed E-state index contributed by atoms with van der Waals surface area (Å²) in [6.07, 6.45) is 0.930. The molecule has 2 aliphatic rings. The van der Waals surface area contributed by atoms with Crippen molar-refractivity contribution in [1.29, 1.82) is 0 Å². The lowest BCUT2D eigenvalue weighted by molar-refractivity contribution is -0.163. The van der Waals surface area contributed by atoms with Crippen LogP contribution in [0.3, 0.4) is 0 Å². The van der Waals surface area contributed by atoms with E-state index in [2.05, 4.69) is 15.6 Å². The maximum Gasteiger partial charge on any atom is 0.326 e. The van der Waals surface area contributed by atoms with Gasteiger partial charge < -0.3 is 30.4 Å². The third-order valence-electron chi connectivity index (χ3n) is 6.44. The number of aryl methyl sites for hydroxylation is 1. The Kier molecular flexibility index (Phi) is 6.93. The van der Waals surface area contributed by atoms with Crippen molar-refractivity contribution in [3.63, 3.8) is 0 Å². The number of amides is 3. The molecule has 3 amide bonds. The van der Waals surface area contributed by atoms with E-state index in [1.165, 1.54) is 23.1 Å². The van der Waals surface area contributed by atoms with Crippen LogP contribution in [0.25, 0.3) is 11.6 Å². The number of benzene rings is 1. The zero-order chi connectivity index (χ0) is 26.1. The summed E-state index contributed by atoms with van der Waals surface area (Å²) in [6, 6.07) is 3.14. The van der Waals surface area contributed by atoms with Crippen LogP contribution in [-0.4, -0.2) is 70.5 Å². The van der Waals surface area contributed by atoms with Crippen LogP contribution in [0.5, 0.6) is 0 Å². The molecule has 1 saturated heterocycles. The second-order valence-electron chi connectivity index (χ2n) is 8.69. The highest BCUT2D eigenvalue weighted by atomic mass is 19.1. The largest absolute Gasteiger partial charge is 0.480 e. The van der Waals surface area contributed by atoms with Crippen molar-refractivity contribution in [2.45, 2.75) is 39.3 Å². The van der Waals surface area contributed by atoms with Crippen molar-refractivity contribution in [2.75, 3.05) is 25.0 Å². The molecule has 190 valence electrons. The summed E-state index contributed by atoms with van der Waals surface area (Å²) in [7, 11) is 0. The number of ether oxygens (including phenoxy) is 1. The van der Waals surface area contributed by atoms with E-state index in [4.69, 9.17) is 4.74 Å². The van der Waals surface area contributed by atoms with Gasteiger partial charge >= 0.3 is 5.97 Å². The molecule has 4 N–H and O–H groups in total. The number of fused-ring (bicyclic) bond motifs is 1. The highest BCUT2D eigenvalue weighted by Gasteiger charge is 2.40. The van der Waals surface area contributed by atoms with Crippen LogP contribution in [0.15, 0.2) is 18.2 Å². The van der Waals surface area contributed by atoms with Gasteiger partial charge in [-0.05, 0) is 57.0 Å². The van der Waals surface area contributed by atoms with E-state index in [-0.39, 0.29) is 24.6 Å². The van der Waals surface area contributed by atoms with Crippen LogP contribution in [0.4, 0.5) is 10.1 Å². The highest BCUT2D eigenvalue weighted by Crippen LogP contribution is 2.34.